The molecule has 1 aromatic carbocycles. The molecule has 6 heteroatoms. The van der Waals surface area contributed by atoms with Gasteiger partial charge in [0.1, 0.15) is 11.6 Å². The second-order valence-electron chi connectivity index (χ2n) is 5.03. The van der Waals surface area contributed by atoms with Crippen LogP contribution < -0.4 is 4.90 Å². The summed E-state index contributed by atoms with van der Waals surface area (Å²) in [6.45, 7) is 1.77. The zero-order valence-corrected chi connectivity index (χ0v) is 13.2. The van der Waals surface area contributed by atoms with Crippen LogP contribution in [0.5, 0.6) is 0 Å². The molecular weight excluding hydrogens is 288 g/mol. The third-order valence-corrected chi connectivity index (χ3v) is 4.81. The van der Waals surface area contributed by atoms with Gasteiger partial charge < -0.3 is 9.47 Å². The van der Waals surface area contributed by atoms with Crippen LogP contribution in [0.15, 0.2) is 36.7 Å². The predicted octanol–water partition coefficient (Wildman–Crippen LogP) is 1.84. The highest BCUT2D eigenvalue weighted by Gasteiger charge is 2.10. The maximum absolute atomic E-state index is 5.36. The molecule has 2 heterocycles. The molecule has 0 bridgehead atoms. The first kappa shape index (κ1) is 13.5. The van der Waals surface area contributed by atoms with Gasteiger partial charge in [-0.1, -0.05) is 12.1 Å². The lowest BCUT2D eigenvalue weighted by Gasteiger charge is -2.12. The Hall–Kier alpha value is -1.50. The third kappa shape index (κ3) is 2.67. The minimum absolute atomic E-state index is 0.855. The van der Waals surface area contributed by atoms with Crippen LogP contribution in [-0.2, 0) is 20.3 Å². The highest BCUT2D eigenvalue weighted by atomic mass is 32.1. The molecule has 0 saturated heterocycles. The van der Waals surface area contributed by atoms with E-state index < -0.39 is 0 Å². The molecular formula is C14H17N4S2+. The van der Waals surface area contributed by atoms with Gasteiger partial charge in [-0.25, -0.2) is 4.98 Å². The van der Waals surface area contributed by atoms with Gasteiger partial charge in [0, 0.05) is 19.4 Å². The lowest BCUT2D eigenvalue weighted by atomic mass is 10.3. The van der Waals surface area contributed by atoms with E-state index in [-0.39, 0.29) is 0 Å². The van der Waals surface area contributed by atoms with Crippen LogP contribution in [-0.4, -0.2) is 21.2 Å². The van der Waals surface area contributed by atoms with Gasteiger partial charge in [0.25, 0.3) is 0 Å². The van der Waals surface area contributed by atoms with Crippen LogP contribution in [0.2, 0.25) is 0 Å². The van der Waals surface area contributed by atoms with Gasteiger partial charge in [-0.3, -0.25) is 4.57 Å². The number of benzene rings is 1. The normalized spacial score (nSPS) is 12.9. The van der Waals surface area contributed by atoms with Gasteiger partial charge in [0.05, 0.1) is 17.3 Å². The average Bonchev–Trinajstić information content (AvgIpc) is 2.96. The molecule has 0 spiro atoms. The Bertz CT molecular complexity index is 751. The first-order valence-corrected chi connectivity index (χ1v) is 7.73. The van der Waals surface area contributed by atoms with E-state index in [2.05, 4.69) is 34.8 Å². The number of fused-ring (bicyclic) bond motifs is 1. The van der Waals surface area contributed by atoms with Crippen molar-refractivity contribution in [2.45, 2.75) is 13.2 Å². The molecule has 1 atom stereocenters. The smallest absolute Gasteiger partial charge is 0.183 e. The lowest BCUT2D eigenvalue weighted by molar-refractivity contribution is -0.916. The van der Waals surface area contributed by atoms with Crippen LogP contribution in [0.4, 0.5) is 0 Å². The van der Waals surface area contributed by atoms with Gasteiger partial charge in [-0.2, -0.15) is 0 Å². The number of para-hydroxylation sites is 1. The Morgan fingerprint density at radius 3 is 2.80 bits per heavy atom. The molecule has 20 heavy (non-hydrogen) atoms. The first-order valence-electron chi connectivity index (χ1n) is 6.51. The van der Waals surface area contributed by atoms with Crippen molar-refractivity contribution in [3.05, 3.63) is 46.4 Å². The molecule has 0 aliphatic heterocycles. The molecule has 0 fully saturated rings. The first-order chi connectivity index (χ1) is 9.63. The zero-order chi connectivity index (χ0) is 14.1. The quantitative estimate of drug-likeness (QED) is 0.745. The van der Waals surface area contributed by atoms with Crippen molar-refractivity contribution in [1.29, 1.82) is 0 Å². The number of nitrogens with zero attached hydrogens (tertiary/aromatic N) is 3. The number of hydrogen-bond donors (Lipinski definition) is 1. The Morgan fingerprint density at radius 1 is 1.30 bits per heavy atom. The fourth-order valence-electron chi connectivity index (χ4n) is 2.23. The summed E-state index contributed by atoms with van der Waals surface area (Å²) in [5.74, 6) is 0. The average molecular weight is 305 g/mol. The minimum atomic E-state index is 0.855. The fraction of sp³-hybridized carbons (Fsp3) is 0.286. The number of aromatic nitrogens is 3. The van der Waals surface area contributed by atoms with E-state index >= 15 is 0 Å². The maximum Gasteiger partial charge on any atom is 0.183 e. The van der Waals surface area contributed by atoms with E-state index in [0.717, 1.165) is 23.5 Å². The summed E-state index contributed by atoms with van der Waals surface area (Å²) in [6, 6.07) is 8.28. The van der Waals surface area contributed by atoms with Crippen molar-refractivity contribution >= 4 is 33.8 Å². The van der Waals surface area contributed by atoms with Gasteiger partial charge >= 0.3 is 0 Å². The van der Waals surface area contributed by atoms with Crippen molar-refractivity contribution in [3.8, 4) is 0 Å². The van der Waals surface area contributed by atoms with Crippen molar-refractivity contribution in [3.63, 3.8) is 0 Å². The number of hydrogen-bond acceptors (Lipinski definition) is 3. The number of rotatable bonds is 4. The zero-order valence-electron chi connectivity index (χ0n) is 11.5. The Labute approximate surface area is 126 Å². The molecule has 0 amide bonds. The number of imidazole rings is 1. The predicted molar refractivity (Wildman–Crippen MR) is 84.4 cm³/mol. The number of nitrogens with one attached hydrogen (secondary N) is 1. The van der Waals surface area contributed by atoms with Crippen molar-refractivity contribution in [1.82, 2.24) is 14.1 Å². The summed E-state index contributed by atoms with van der Waals surface area (Å²) in [6.07, 6.45) is 4.03. The number of quaternary nitrogens is 1. The van der Waals surface area contributed by atoms with E-state index in [1.165, 1.54) is 14.6 Å². The summed E-state index contributed by atoms with van der Waals surface area (Å²) in [4.78, 5) is 6.05. The summed E-state index contributed by atoms with van der Waals surface area (Å²) in [7, 11) is 4.14. The van der Waals surface area contributed by atoms with E-state index in [1.54, 1.807) is 11.3 Å². The standard InChI is InChI=1S/C14H16N4S2/c1-16(10-18-8-7-17(2)14(18)19)9-13-15-11-5-3-4-6-12(11)20-13/h3-8H,9-10H2,1-2H3/p+1. The highest BCUT2D eigenvalue weighted by molar-refractivity contribution is 7.71. The van der Waals surface area contributed by atoms with Crippen LogP contribution in [0.25, 0.3) is 10.2 Å². The molecule has 4 nitrogen and oxygen atoms in total. The van der Waals surface area contributed by atoms with Crippen molar-refractivity contribution < 1.29 is 4.90 Å². The summed E-state index contributed by atoms with van der Waals surface area (Å²) in [5, 5.41) is 1.17. The van der Waals surface area contributed by atoms with E-state index in [0.29, 0.717) is 0 Å². The SMILES string of the molecule is Cn1ccn(C[NH+](C)Cc2nc3ccccc3s2)c1=S. The van der Waals surface area contributed by atoms with Gasteiger partial charge in [0.2, 0.25) is 0 Å². The summed E-state index contributed by atoms with van der Waals surface area (Å²) in [5.41, 5.74) is 1.09. The number of thiazole rings is 1. The van der Waals surface area contributed by atoms with Gasteiger partial charge in [0.15, 0.2) is 11.4 Å². The minimum Gasteiger partial charge on any atom is -0.327 e. The second-order valence-corrected chi connectivity index (χ2v) is 6.51. The van der Waals surface area contributed by atoms with Crippen LogP contribution in [0.3, 0.4) is 0 Å². The molecule has 104 valence electrons. The molecule has 3 aromatic rings. The van der Waals surface area contributed by atoms with Crippen molar-refractivity contribution in [2.75, 3.05) is 7.05 Å². The molecule has 0 aliphatic rings. The largest absolute Gasteiger partial charge is 0.327 e. The summed E-state index contributed by atoms with van der Waals surface area (Å²) >= 11 is 7.13. The van der Waals surface area contributed by atoms with Crippen LogP contribution in [0.1, 0.15) is 5.01 Å². The topological polar surface area (TPSA) is 27.2 Å². The third-order valence-electron chi connectivity index (χ3n) is 3.25. The van der Waals surface area contributed by atoms with Gasteiger partial charge in [-0.15, -0.1) is 11.3 Å². The Kier molecular flexibility index (Phi) is 3.69. The lowest BCUT2D eigenvalue weighted by Crippen LogP contribution is -3.06. The van der Waals surface area contributed by atoms with E-state index in [4.69, 9.17) is 12.2 Å². The van der Waals surface area contributed by atoms with Crippen LogP contribution >= 0.6 is 23.6 Å². The molecule has 2 aromatic heterocycles. The van der Waals surface area contributed by atoms with E-state index in [9.17, 15) is 0 Å². The maximum atomic E-state index is 5.36. The molecule has 3 rings (SSSR count). The molecule has 0 aliphatic carbocycles. The monoisotopic (exact) mass is 305 g/mol. The molecule has 0 saturated carbocycles. The summed E-state index contributed by atoms with van der Waals surface area (Å²) < 4.78 is 6.17. The van der Waals surface area contributed by atoms with E-state index in [1.807, 2.05) is 30.1 Å². The number of aryl methyl sites for hydroxylation is 1. The Morgan fingerprint density at radius 2 is 2.10 bits per heavy atom. The molecule has 1 N–H and O–H groups in total. The van der Waals surface area contributed by atoms with Gasteiger partial charge in [-0.05, 0) is 24.4 Å². The molecule has 1 unspecified atom stereocenters. The second kappa shape index (κ2) is 5.47. The van der Waals surface area contributed by atoms with Crippen LogP contribution in [0, 0.1) is 4.77 Å². The highest BCUT2D eigenvalue weighted by Crippen LogP contribution is 2.20. The van der Waals surface area contributed by atoms with Crippen molar-refractivity contribution in [2.24, 2.45) is 7.05 Å². The Balaban J connectivity index is 1.74. The molecule has 0 radical (unpaired) electrons. The fourth-order valence-corrected chi connectivity index (χ4v) is 3.50.